The van der Waals surface area contributed by atoms with E-state index in [2.05, 4.69) is 4.98 Å². The van der Waals surface area contributed by atoms with Gasteiger partial charge in [-0.25, -0.2) is 4.98 Å². The summed E-state index contributed by atoms with van der Waals surface area (Å²) in [5, 5.41) is 0.632. The van der Waals surface area contributed by atoms with Gasteiger partial charge in [-0.1, -0.05) is 29.8 Å². The summed E-state index contributed by atoms with van der Waals surface area (Å²) in [6.07, 6.45) is 2.51. The number of benzene rings is 1. The fraction of sp³-hybridized carbons (Fsp3) is 0.0909. The van der Waals surface area contributed by atoms with Crippen molar-refractivity contribution in [2.45, 2.75) is 0 Å². The molecule has 3 nitrogen and oxygen atoms in total. The zero-order valence-electron chi connectivity index (χ0n) is 8.14. The number of aromatic nitrogens is 2. The van der Waals surface area contributed by atoms with Gasteiger partial charge in [-0.05, 0) is 6.07 Å². The minimum atomic E-state index is 0.393. The Morgan fingerprint density at radius 1 is 1.40 bits per heavy atom. The Morgan fingerprint density at radius 3 is 2.73 bits per heavy atom. The lowest BCUT2D eigenvalue weighted by molar-refractivity contribution is 0.111. The molecule has 4 heteroatoms. The van der Waals surface area contributed by atoms with Crippen LogP contribution in [0, 0.1) is 0 Å². The third-order valence-electron chi connectivity index (χ3n) is 2.17. The number of aldehydes is 1. The number of carbonyl (C=O) groups excluding carboxylic acids is 1. The second-order valence-corrected chi connectivity index (χ2v) is 3.60. The summed E-state index contributed by atoms with van der Waals surface area (Å²) >= 11 is 6.03. The minimum absolute atomic E-state index is 0.393. The van der Waals surface area contributed by atoms with Gasteiger partial charge in [-0.3, -0.25) is 4.79 Å². The van der Waals surface area contributed by atoms with E-state index >= 15 is 0 Å². The van der Waals surface area contributed by atoms with Gasteiger partial charge in [0.1, 0.15) is 0 Å². The first-order valence-corrected chi connectivity index (χ1v) is 4.83. The van der Waals surface area contributed by atoms with Gasteiger partial charge in [-0.2, -0.15) is 0 Å². The molecule has 0 radical (unpaired) electrons. The number of halogens is 1. The molecule has 0 amide bonds. The number of imidazole rings is 1. The fourth-order valence-corrected chi connectivity index (χ4v) is 1.62. The minimum Gasteiger partial charge on any atom is -0.331 e. The first-order chi connectivity index (χ1) is 7.22. The Kier molecular flexibility index (Phi) is 2.56. The third kappa shape index (κ3) is 1.78. The van der Waals surface area contributed by atoms with Crippen molar-refractivity contribution in [3.8, 4) is 11.3 Å². The van der Waals surface area contributed by atoms with E-state index in [-0.39, 0.29) is 0 Å². The summed E-state index contributed by atoms with van der Waals surface area (Å²) in [5.41, 5.74) is 1.55. The molecule has 0 fully saturated rings. The molecule has 2 aromatic rings. The van der Waals surface area contributed by atoms with Crippen LogP contribution in [0.5, 0.6) is 0 Å². The van der Waals surface area contributed by atoms with E-state index in [1.54, 1.807) is 23.9 Å². The highest BCUT2D eigenvalue weighted by Gasteiger charge is 2.08. The molecule has 0 aliphatic carbocycles. The normalized spacial score (nSPS) is 10.3. The van der Waals surface area contributed by atoms with Crippen LogP contribution in [0.15, 0.2) is 30.5 Å². The van der Waals surface area contributed by atoms with Crippen LogP contribution in [0.4, 0.5) is 0 Å². The van der Waals surface area contributed by atoms with E-state index in [4.69, 9.17) is 11.6 Å². The fourth-order valence-electron chi connectivity index (χ4n) is 1.39. The van der Waals surface area contributed by atoms with Gasteiger partial charge >= 0.3 is 0 Å². The summed E-state index contributed by atoms with van der Waals surface area (Å²) in [7, 11) is 1.77. The topological polar surface area (TPSA) is 34.9 Å². The molecular formula is C11H9ClN2O. The van der Waals surface area contributed by atoms with Crippen LogP contribution in [0.1, 0.15) is 10.6 Å². The van der Waals surface area contributed by atoms with Crippen LogP contribution in [0.2, 0.25) is 5.02 Å². The van der Waals surface area contributed by atoms with Crippen LogP contribution in [-0.2, 0) is 7.05 Å². The lowest BCUT2D eigenvalue weighted by atomic mass is 10.2. The van der Waals surface area contributed by atoms with Crippen molar-refractivity contribution in [1.82, 2.24) is 9.55 Å². The first kappa shape index (κ1) is 9.93. The third-order valence-corrected chi connectivity index (χ3v) is 2.50. The van der Waals surface area contributed by atoms with Crippen molar-refractivity contribution in [1.29, 1.82) is 0 Å². The Morgan fingerprint density at radius 2 is 2.13 bits per heavy atom. The summed E-state index contributed by atoms with van der Waals surface area (Å²) < 4.78 is 1.67. The molecule has 0 aliphatic rings. The predicted octanol–water partition coefficient (Wildman–Crippen LogP) is 2.55. The number of aryl methyl sites for hydroxylation is 1. The number of hydrogen-bond donors (Lipinski definition) is 0. The Bertz CT molecular complexity index is 505. The highest BCUT2D eigenvalue weighted by molar-refractivity contribution is 6.33. The van der Waals surface area contributed by atoms with E-state index in [9.17, 15) is 4.79 Å². The number of carbonyl (C=O) groups is 1. The monoisotopic (exact) mass is 220 g/mol. The smallest absolute Gasteiger partial charge is 0.185 e. The molecule has 2 rings (SSSR count). The van der Waals surface area contributed by atoms with Crippen molar-refractivity contribution in [3.63, 3.8) is 0 Å². The van der Waals surface area contributed by atoms with Crippen LogP contribution in [0.3, 0.4) is 0 Å². The van der Waals surface area contributed by atoms with Gasteiger partial charge < -0.3 is 4.57 Å². The van der Waals surface area contributed by atoms with Crippen LogP contribution in [0.25, 0.3) is 11.3 Å². The molecule has 76 valence electrons. The summed E-state index contributed by atoms with van der Waals surface area (Å²) in [4.78, 5) is 14.8. The Hall–Kier alpha value is -1.61. The predicted molar refractivity (Wildman–Crippen MR) is 59.0 cm³/mol. The molecule has 1 aromatic carbocycles. The van der Waals surface area contributed by atoms with E-state index in [1.807, 2.05) is 18.2 Å². The Balaban J connectivity index is 2.55. The standard InChI is InChI=1S/C11H9ClN2O/c1-14-6-10(13-11(14)7-15)8-4-2-3-5-9(8)12/h2-7H,1H3. The first-order valence-electron chi connectivity index (χ1n) is 4.46. The molecule has 1 heterocycles. The molecule has 0 spiro atoms. The molecule has 1 aromatic heterocycles. The number of nitrogens with zero attached hydrogens (tertiary/aromatic N) is 2. The molecule has 0 saturated carbocycles. The average molecular weight is 221 g/mol. The lowest BCUT2D eigenvalue weighted by Crippen LogP contribution is -1.92. The summed E-state index contributed by atoms with van der Waals surface area (Å²) in [6, 6.07) is 7.41. The molecule has 0 unspecified atom stereocenters. The van der Waals surface area contributed by atoms with Gasteiger partial charge in [-0.15, -0.1) is 0 Å². The highest BCUT2D eigenvalue weighted by Crippen LogP contribution is 2.26. The molecule has 0 saturated heterocycles. The maximum Gasteiger partial charge on any atom is 0.185 e. The van der Waals surface area contributed by atoms with Gasteiger partial charge in [0.2, 0.25) is 0 Å². The van der Waals surface area contributed by atoms with Crippen molar-refractivity contribution in [3.05, 3.63) is 41.3 Å². The van der Waals surface area contributed by atoms with Gasteiger partial charge in [0.15, 0.2) is 12.1 Å². The van der Waals surface area contributed by atoms with Crippen molar-refractivity contribution >= 4 is 17.9 Å². The molecular weight excluding hydrogens is 212 g/mol. The van der Waals surface area contributed by atoms with Gasteiger partial charge in [0, 0.05) is 18.8 Å². The lowest BCUT2D eigenvalue weighted by Gasteiger charge is -1.98. The molecule has 0 aliphatic heterocycles. The molecule has 0 bridgehead atoms. The largest absolute Gasteiger partial charge is 0.331 e. The highest BCUT2D eigenvalue weighted by atomic mass is 35.5. The summed E-state index contributed by atoms with van der Waals surface area (Å²) in [5.74, 6) is 0.393. The SMILES string of the molecule is Cn1cc(-c2ccccc2Cl)nc1C=O. The number of rotatable bonds is 2. The van der Waals surface area contributed by atoms with Crippen LogP contribution >= 0.6 is 11.6 Å². The zero-order valence-corrected chi connectivity index (χ0v) is 8.90. The summed E-state index contributed by atoms with van der Waals surface area (Å²) in [6.45, 7) is 0. The quantitative estimate of drug-likeness (QED) is 0.729. The van der Waals surface area contributed by atoms with Crippen molar-refractivity contribution in [2.24, 2.45) is 7.05 Å². The number of hydrogen-bond acceptors (Lipinski definition) is 2. The molecule has 15 heavy (non-hydrogen) atoms. The van der Waals surface area contributed by atoms with E-state index in [0.717, 1.165) is 11.8 Å². The van der Waals surface area contributed by atoms with Crippen LogP contribution < -0.4 is 0 Å². The van der Waals surface area contributed by atoms with Gasteiger partial charge in [0.05, 0.1) is 10.7 Å². The van der Waals surface area contributed by atoms with Crippen molar-refractivity contribution in [2.75, 3.05) is 0 Å². The maximum atomic E-state index is 10.6. The maximum absolute atomic E-state index is 10.6. The average Bonchev–Trinajstić information content (AvgIpc) is 2.60. The van der Waals surface area contributed by atoms with Crippen molar-refractivity contribution < 1.29 is 4.79 Å². The van der Waals surface area contributed by atoms with E-state index in [0.29, 0.717) is 16.5 Å². The van der Waals surface area contributed by atoms with Crippen LogP contribution in [-0.4, -0.2) is 15.8 Å². The molecule has 0 N–H and O–H groups in total. The van der Waals surface area contributed by atoms with E-state index < -0.39 is 0 Å². The zero-order chi connectivity index (χ0) is 10.8. The second-order valence-electron chi connectivity index (χ2n) is 3.19. The Labute approximate surface area is 92.3 Å². The second kappa shape index (κ2) is 3.87. The van der Waals surface area contributed by atoms with Gasteiger partial charge in [0.25, 0.3) is 0 Å². The van der Waals surface area contributed by atoms with E-state index in [1.165, 1.54) is 0 Å². The molecule has 0 atom stereocenters.